The summed E-state index contributed by atoms with van der Waals surface area (Å²) in [6, 6.07) is 12.8. The van der Waals surface area contributed by atoms with E-state index in [1.165, 1.54) is 19.2 Å². The van der Waals surface area contributed by atoms with E-state index in [0.717, 1.165) is 0 Å². The number of anilines is 1. The highest BCUT2D eigenvalue weighted by Crippen LogP contribution is 2.26. The van der Waals surface area contributed by atoms with Crippen LogP contribution in [0.5, 0.6) is 5.75 Å². The molecule has 7 nitrogen and oxygen atoms in total. The van der Waals surface area contributed by atoms with Crippen LogP contribution in [0.4, 0.5) is 5.69 Å². The average molecular weight is 404 g/mol. The van der Waals surface area contributed by atoms with Gasteiger partial charge in [-0.15, -0.1) is 0 Å². The number of carbonyl (C=O) groups is 1. The van der Waals surface area contributed by atoms with Crippen LogP contribution >= 0.6 is 0 Å². The number of nitrogens with zero attached hydrogens (tertiary/aromatic N) is 1. The number of sulfonamides is 1. The molecule has 0 aliphatic carbocycles. The normalized spacial score (nSPS) is 19.9. The SMILES string of the molecule is COc1ccccc1NS(=O)(=O)c1cccc(C(=O)N2C[C@H](C)O[C@@H](C)C2)c1. The molecule has 1 fully saturated rings. The van der Waals surface area contributed by atoms with Gasteiger partial charge in [0, 0.05) is 18.7 Å². The third-order valence-corrected chi connectivity index (χ3v) is 5.81. The molecule has 2 aromatic carbocycles. The van der Waals surface area contributed by atoms with Crippen molar-refractivity contribution in [1.82, 2.24) is 4.90 Å². The number of carbonyl (C=O) groups excluding carboxylic acids is 1. The van der Waals surface area contributed by atoms with E-state index >= 15 is 0 Å². The van der Waals surface area contributed by atoms with Crippen LogP contribution in [0.1, 0.15) is 24.2 Å². The first-order valence-corrected chi connectivity index (χ1v) is 10.5. The van der Waals surface area contributed by atoms with Crippen LogP contribution in [0.15, 0.2) is 53.4 Å². The molecule has 1 aliphatic rings. The van der Waals surface area contributed by atoms with Crippen molar-refractivity contribution in [2.45, 2.75) is 31.0 Å². The number of rotatable bonds is 5. The number of nitrogens with one attached hydrogen (secondary N) is 1. The second-order valence-corrected chi connectivity index (χ2v) is 8.48. The highest BCUT2D eigenvalue weighted by molar-refractivity contribution is 7.92. The molecule has 1 saturated heterocycles. The lowest BCUT2D eigenvalue weighted by molar-refractivity contribution is -0.0586. The summed E-state index contributed by atoms with van der Waals surface area (Å²) in [6.07, 6.45) is -0.126. The summed E-state index contributed by atoms with van der Waals surface area (Å²) in [7, 11) is -2.41. The van der Waals surface area contributed by atoms with E-state index < -0.39 is 10.0 Å². The predicted molar refractivity (Wildman–Crippen MR) is 106 cm³/mol. The summed E-state index contributed by atoms with van der Waals surface area (Å²) in [5.74, 6) is 0.200. The fraction of sp³-hybridized carbons (Fsp3) is 0.350. The predicted octanol–water partition coefficient (Wildman–Crippen LogP) is 2.75. The molecule has 1 aliphatic heterocycles. The fourth-order valence-electron chi connectivity index (χ4n) is 3.26. The fourth-order valence-corrected chi connectivity index (χ4v) is 4.37. The van der Waals surface area contributed by atoms with Crippen molar-refractivity contribution in [1.29, 1.82) is 0 Å². The maximum Gasteiger partial charge on any atom is 0.262 e. The van der Waals surface area contributed by atoms with Gasteiger partial charge in [0.15, 0.2) is 0 Å². The Kier molecular flexibility index (Phi) is 5.90. The highest BCUT2D eigenvalue weighted by Gasteiger charge is 2.27. The van der Waals surface area contributed by atoms with Gasteiger partial charge in [0.1, 0.15) is 5.75 Å². The quantitative estimate of drug-likeness (QED) is 0.828. The maximum atomic E-state index is 12.9. The van der Waals surface area contributed by atoms with Gasteiger partial charge in [-0.1, -0.05) is 18.2 Å². The van der Waals surface area contributed by atoms with Crippen molar-refractivity contribution < 1.29 is 22.7 Å². The lowest BCUT2D eigenvalue weighted by atomic mass is 10.1. The van der Waals surface area contributed by atoms with Gasteiger partial charge in [0.25, 0.3) is 15.9 Å². The molecule has 1 heterocycles. The Bertz CT molecular complexity index is 951. The zero-order chi connectivity index (χ0) is 20.3. The van der Waals surface area contributed by atoms with Gasteiger partial charge in [-0.2, -0.15) is 0 Å². The number of methoxy groups -OCH3 is 1. The Morgan fingerprint density at radius 2 is 1.79 bits per heavy atom. The molecule has 0 spiro atoms. The van der Waals surface area contributed by atoms with Gasteiger partial charge >= 0.3 is 0 Å². The standard InChI is InChI=1S/C20H24N2O5S/c1-14-12-22(13-15(2)27-14)20(23)16-7-6-8-17(11-16)28(24,25)21-18-9-4-5-10-19(18)26-3/h4-11,14-15,21H,12-13H2,1-3H3/t14-,15-/m0/s1. The van der Waals surface area contributed by atoms with Crippen LogP contribution in [0.25, 0.3) is 0 Å². The molecule has 1 N–H and O–H groups in total. The number of amides is 1. The molecule has 0 unspecified atom stereocenters. The van der Waals surface area contributed by atoms with Gasteiger partial charge in [-0.3, -0.25) is 9.52 Å². The van der Waals surface area contributed by atoms with Crippen molar-refractivity contribution >= 4 is 21.6 Å². The largest absolute Gasteiger partial charge is 0.495 e. The van der Waals surface area contributed by atoms with Crippen molar-refractivity contribution in [3.05, 3.63) is 54.1 Å². The van der Waals surface area contributed by atoms with Crippen LogP contribution < -0.4 is 9.46 Å². The highest BCUT2D eigenvalue weighted by atomic mass is 32.2. The Labute approximate surface area is 165 Å². The van der Waals surface area contributed by atoms with Crippen LogP contribution in [-0.4, -0.2) is 51.6 Å². The number of hydrogen-bond donors (Lipinski definition) is 1. The molecule has 0 saturated carbocycles. The molecule has 8 heteroatoms. The first-order chi connectivity index (χ1) is 13.3. The van der Waals surface area contributed by atoms with Crippen molar-refractivity contribution in [3.63, 3.8) is 0 Å². The molecular weight excluding hydrogens is 380 g/mol. The van der Waals surface area contributed by atoms with Gasteiger partial charge in [0.2, 0.25) is 0 Å². The van der Waals surface area contributed by atoms with Crippen LogP contribution in [0.2, 0.25) is 0 Å². The van der Waals surface area contributed by atoms with Crippen LogP contribution in [-0.2, 0) is 14.8 Å². The minimum absolute atomic E-state index is 0.0126. The monoisotopic (exact) mass is 404 g/mol. The Hall–Kier alpha value is -2.58. The lowest BCUT2D eigenvalue weighted by Crippen LogP contribution is -2.48. The Balaban J connectivity index is 1.85. The molecule has 2 aromatic rings. The number of hydrogen-bond acceptors (Lipinski definition) is 5. The van der Waals surface area contributed by atoms with Crippen molar-refractivity contribution in [3.8, 4) is 5.75 Å². The van der Waals surface area contributed by atoms with Gasteiger partial charge in [-0.25, -0.2) is 8.42 Å². The zero-order valence-electron chi connectivity index (χ0n) is 16.1. The van der Waals surface area contributed by atoms with E-state index in [-0.39, 0.29) is 23.0 Å². The summed E-state index contributed by atoms with van der Waals surface area (Å²) in [6.45, 7) is 4.77. The summed E-state index contributed by atoms with van der Waals surface area (Å²) in [4.78, 5) is 14.6. The van der Waals surface area contributed by atoms with E-state index in [9.17, 15) is 13.2 Å². The lowest BCUT2D eigenvalue weighted by Gasteiger charge is -2.35. The molecule has 150 valence electrons. The summed E-state index contributed by atoms with van der Waals surface area (Å²) in [5, 5.41) is 0. The second kappa shape index (κ2) is 8.20. The van der Waals surface area contributed by atoms with E-state index in [1.807, 2.05) is 13.8 Å². The molecule has 28 heavy (non-hydrogen) atoms. The smallest absolute Gasteiger partial charge is 0.262 e. The first-order valence-electron chi connectivity index (χ1n) is 9.01. The van der Waals surface area contributed by atoms with Crippen molar-refractivity contribution in [2.24, 2.45) is 0 Å². The summed E-state index contributed by atoms with van der Waals surface area (Å²) < 4.78 is 39.0. The maximum absolute atomic E-state index is 12.9. The van der Waals surface area contributed by atoms with E-state index in [1.54, 1.807) is 41.3 Å². The van der Waals surface area contributed by atoms with E-state index in [2.05, 4.69) is 4.72 Å². The topological polar surface area (TPSA) is 84.9 Å². The van der Waals surface area contributed by atoms with Crippen LogP contribution in [0.3, 0.4) is 0 Å². The number of para-hydroxylation sites is 2. The Morgan fingerprint density at radius 3 is 2.46 bits per heavy atom. The summed E-state index contributed by atoms with van der Waals surface area (Å²) >= 11 is 0. The molecule has 0 bridgehead atoms. The zero-order valence-corrected chi connectivity index (χ0v) is 16.9. The first kappa shape index (κ1) is 20.2. The van der Waals surface area contributed by atoms with E-state index in [4.69, 9.17) is 9.47 Å². The molecule has 0 radical (unpaired) electrons. The van der Waals surface area contributed by atoms with Crippen molar-refractivity contribution in [2.75, 3.05) is 24.9 Å². The minimum Gasteiger partial charge on any atom is -0.495 e. The average Bonchev–Trinajstić information content (AvgIpc) is 2.67. The third-order valence-electron chi connectivity index (χ3n) is 4.45. The van der Waals surface area contributed by atoms with Gasteiger partial charge in [0.05, 0.1) is 29.9 Å². The minimum atomic E-state index is -3.88. The summed E-state index contributed by atoms with van der Waals surface area (Å²) in [5.41, 5.74) is 0.654. The number of morpholine rings is 1. The van der Waals surface area contributed by atoms with E-state index in [0.29, 0.717) is 30.1 Å². The number of benzene rings is 2. The Morgan fingerprint density at radius 1 is 1.11 bits per heavy atom. The van der Waals surface area contributed by atoms with Gasteiger partial charge < -0.3 is 14.4 Å². The third kappa shape index (κ3) is 4.45. The molecule has 1 amide bonds. The second-order valence-electron chi connectivity index (χ2n) is 6.80. The molecular formula is C20H24N2O5S. The molecule has 0 aromatic heterocycles. The van der Waals surface area contributed by atoms with Crippen LogP contribution in [0, 0.1) is 0 Å². The van der Waals surface area contributed by atoms with Gasteiger partial charge in [-0.05, 0) is 44.2 Å². The molecule has 3 rings (SSSR count). The molecule has 2 atom stereocenters. The number of ether oxygens (including phenoxy) is 2.